The number of benzene rings is 1. The zero-order chi connectivity index (χ0) is 13.0. The summed E-state index contributed by atoms with van der Waals surface area (Å²) in [5.41, 5.74) is 0.477. The predicted molar refractivity (Wildman–Crippen MR) is 72.9 cm³/mol. The van der Waals surface area contributed by atoms with Crippen molar-refractivity contribution in [3.05, 3.63) is 52.6 Å². The number of rotatable bonds is 3. The van der Waals surface area contributed by atoms with Gasteiger partial charge in [-0.2, -0.15) is 0 Å². The number of hydrogen-bond donors (Lipinski definition) is 1. The van der Waals surface area contributed by atoms with E-state index >= 15 is 0 Å². The molecule has 0 aliphatic rings. The average Bonchev–Trinajstić information content (AvgIpc) is 2.41. The number of nitrogens with zero attached hydrogens (tertiary/aromatic N) is 1. The van der Waals surface area contributed by atoms with Gasteiger partial charge < -0.3 is 10.1 Å². The maximum Gasteiger partial charge on any atom is 0.260 e. The van der Waals surface area contributed by atoms with Crippen LogP contribution in [0, 0.1) is 0 Å². The summed E-state index contributed by atoms with van der Waals surface area (Å²) in [4.78, 5) is 16.1. The summed E-state index contributed by atoms with van der Waals surface area (Å²) in [6.45, 7) is 0. The van der Waals surface area contributed by atoms with Gasteiger partial charge in [0.15, 0.2) is 0 Å². The second-order valence-electron chi connectivity index (χ2n) is 3.52. The second kappa shape index (κ2) is 5.64. The number of halogens is 1. The Morgan fingerprint density at radius 2 is 2.06 bits per heavy atom. The number of hydrogen-bond acceptors (Lipinski definition) is 3. The zero-order valence-corrected chi connectivity index (χ0v) is 11.3. The van der Waals surface area contributed by atoms with Crippen LogP contribution in [0.4, 0.5) is 5.82 Å². The minimum absolute atomic E-state index is 0.248. The lowest BCUT2D eigenvalue weighted by atomic mass is 10.2. The maximum atomic E-state index is 12.0. The van der Waals surface area contributed by atoms with Crippen LogP contribution in [-0.2, 0) is 0 Å². The Labute approximate surface area is 113 Å². The van der Waals surface area contributed by atoms with E-state index in [0.29, 0.717) is 17.1 Å². The van der Waals surface area contributed by atoms with Gasteiger partial charge in [-0.25, -0.2) is 4.98 Å². The zero-order valence-electron chi connectivity index (χ0n) is 9.68. The molecule has 2 aromatic rings. The Morgan fingerprint density at radius 3 is 2.72 bits per heavy atom. The van der Waals surface area contributed by atoms with E-state index in [9.17, 15) is 4.79 Å². The Morgan fingerprint density at radius 1 is 1.28 bits per heavy atom. The van der Waals surface area contributed by atoms with Crippen LogP contribution >= 0.6 is 15.9 Å². The van der Waals surface area contributed by atoms with Crippen molar-refractivity contribution in [2.45, 2.75) is 0 Å². The summed E-state index contributed by atoms with van der Waals surface area (Å²) < 4.78 is 5.99. The van der Waals surface area contributed by atoms with Crippen molar-refractivity contribution in [3.63, 3.8) is 0 Å². The summed E-state index contributed by atoms with van der Waals surface area (Å²) in [7, 11) is 1.53. The van der Waals surface area contributed by atoms with Crippen LogP contribution in [0.5, 0.6) is 5.75 Å². The fourth-order valence-corrected chi connectivity index (χ4v) is 1.70. The van der Waals surface area contributed by atoms with E-state index in [1.54, 1.807) is 30.5 Å². The molecule has 0 fully saturated rings. The van der Waals surface area contributed by atoms with Crippen molar-refractivity contribution in [1.29, 1.82) is 0 Å². The van der Waals surface area contributed by atoms with E-state index in [2.05, 4.69) is 26.2 Å². The molecule has 1 aromatic carbocycles. The molecule has 0 saturated carbocycles. The van der Waals surface area contributed by atoms with Gasteiger partial charge in [0, 0.05) is 10.7 Å². The van der Waals surface area contributed by atoms with Crippen LogP contribution in [0.2, 0.25) is 0 Å². The average molecular weight is 307 g/mol. The van der Waals surface area contributed by atoms with E-state index in [-0.39, 0.29) is 5.91 Å². The first-order valence-corrected chi connectivity index (χ1v) is 6.06. The molecule has 0 aliphatic carbocycles. The topological polar surface area (TPSA) is 51.2 Å². The van der Waals surface area contributed by atoms with Gasteiger partial charge in [-0.1, -0.05) is 12.1 Å². The highest BCUT2D eigenvalue weighted by Gasteiger charge is 2.11. The van der Waals surface area contributed by atoms with Crippen molar-refractivity contribution >= 4 is 27.7 Å². The third-order valence-electron chi connectivity index (χ3n) is 2.32. The molecule has 0 aliphatic heterocycles. The molecular weight excluding hydrogens is 296 g/mol. The molecule has 0 radical (unpaired) electrons. The fraction of sp³-hybridized carbons (Fsp3) is 0.0769. The first-order valence-electron chi connectivity index (χ1n) is 5.26. The quantitative estimate of drug-likeness (QED) is 0.948. The van der Waals surface area contributed by atoms with E-state index in [1.807, 2.05) is 12.1 Å². The summed E-state index contributed by atoms with van der Waals surface area (Å²) in [6, 6.07) is 10.6. The van der Waals surface area contributed by atoms with Crippen molar-refractivity contribution in [2.75, 3.05) is 12.4 Å². The molecule has 5 heteroatoms. The van der Waals surface area contributed by atoms with E-state index < -0.39 is 0 Å². The number of para-hydroxylation sites is 1. The largest absolute Gasteiger partial charge is 0.496 e. The molecule has 1 amide bonds. The number of ether oxygens (including phenoxy) is 1. The molecular formula is C13H11BrN2O2. The number of amides is 1. The van der Waals surface area contributed by atoms with Gasteiger partial charge in [0.05, 0.1) is 12.7 Å². The molecule has 0 spiro atoms. The van der Waals surface area contributed by atoms with Gasteiger partial charge in [-0.15, -0.1) is 0 Å². The van der Waals surface area contributed by atoms with Crippen molar-refractivity contribution in [1.82, 2.24) is 4.98 Å². The molecule has 0 atom stereocenters. The third kappa shape index (κ3) is 2.87. The number of methoxy groups -OCH3 is 1. The van der Waals surface area contributed by atoms with E-state index in [0.717, 1.165) is 4.47 Å². The standard InChI is InChI=1S/C13H11BrN2O2/c1-18-11-5-3-2-4-10(11)13(17)16-12-7-6-9(14)8-15-12/h2-8H,1H3,(H,15,16,17). The van der Waals surface area contributed by atoms with Crippen molar-refractivity contribution < 1.29 is 9.53 Å². The van der Waals surface area contributed by atoms with Crippen LogP contribution in [0.25, 0.3) is 0 Å². The highest BCUT2D eigenvalue weighted by Crippen LogP contribution is 2.19. The second-order valence-corrected chi connectivity index (χ2v) is 4.43. The Balaban J connectivity index is 2.19. The third-order valence-corrected chi connectivity index (χ3v) is 2.79. The van der Waals surface area contributed by atoms with E-state index in [1.165, 1.54) is 7.11 Å². The molecule has 2 rings (SSSR count). The number of carbonyl (C=O) groups is 1. The number of pyridine rings is 1. The van der Waals surface area contributed by atoms with Gasteiger partial charge in [0.25, 0.3) is 5.91 Å². The molecule has 0 unspecified atom stereocenters. The van der Waals surface area contributed by atoms with E-state index in [4.69, 9.17) is 4.74 Å². The number of anilines is 1. The molecule has 18 heavy (non-hydrogen) atoms. The lowest BCUT2D eigenvalue weighted by molar-refractivity contribution is 0.102. The van der Waals surface area contributed by atoms with Gasteiger partial charge in [0.1, 0.15) is 11.6 Å². The molecule has 4 nitrogen and oxygen atoms in total. The lowest BCUT2D eigenvalue weighted by Gasteiger charge is -2.08. The minimum Gasteiger partial charge on any atom is -0.496 e. The van der Waals surface area contributed by atoms with Crippen LogP contribution < -0.4 is 10.1 Å². The number of carbonyl (C=O) groups excluding carboxylic acids is 1. The maximum absolute atomic E-state index is 12.0. The van der Waals surface area contributed by atoms with Crippen LogP contribution in [0.3, 0.4) is 0 Å². The predicted octanol–water partition coefficient (Wildman–Crippen LogP) is 3.11. The molecule has 0 bridgehead atoms. The number of nitrogens with one attached hydrogen (secondary N) is 1. The first kappa shape index (κ1) is 12.6. The number of aromatic nitrogens is 1. The summed E-state index contributed by atoms with van der Waals surface area (Å²) >= 11 is 3.28. The Hall–Kier alpha value is -1.88. The van der Waals surface area contributed by atoms with Gasteiger partial charge in [-0.05, 0) is 40.2 Å². The monoisotopic (exact) mass is 306 g/mol. The van der Waals surface area contributed by atoms with Crippen LogP contribution in [-0.4, -0.2) is 18.0 Å². The van der Waals surface area contributed by atoms with Crippen LogP contribution in [0.1, 0.15) is 10.4 Å². The summed E-state index contributed by atoms with van der Waals surface area (Å²) in [5.74, 6) is 0.781. The first-order chi connectivity index (χ1) is 8.70. The lowest BCUT2D eigenvalue weighted by Crippen LogP contribution is -2.13. The Bertz CT molecular complexity index is 555. The molecule has 1 N–H and O–H groups in total. The van der Waals surface area contributed by atoms with Crippen molar-refractivity contribution in [2.24, 2.45) is 0 Å². The molecule has 1 heterocycles. The van der Waals surface area contributed by atoms with Gasteiger partial charge in [0.2, 0.25) is 0 Å². The van der Waals surface area contributed by atoms with Gasteiger partial charge in [-0.3, -0.25) is 4.79 Å². The summed E-state index contributed by atoms with van der Waals surface area (Å²) in [5, 5.41) is 2.71. The van der Waals surface area contributed by atoms with Gasteiger partial charge >= 0.3 is 0 Å². The SMILES string of the molecule is COc1ccccc1C(=O)Nc1ccc(Br)cn1. The van der Waals surface area contributed by atoms with Crippen LogP contribution in [0.15, 0.2) is 47.1 Å². The molecule has 0 saturated heterocycles. The highest BCUT2D eigenvalue weighted by atomic mass is 79.9. The molecule has 1 aromatic heterocycles. The smallest absolute Gasteiger partial charge is 0.260 e. The normalized spacial score (nSPS) is 9.89. The highest BCUT2D eigenvalue weighted by molar-refractivity contribution is 9.10. The minimum atomic E-state index is -0.248. The Kier molecular flexibility index (Phi) is 3.94. The fourth-order valence-electron chi connectivity index (χ4n) is 1.47. The van der Waals surface area contributed by atoms with Crippen molar-refractivity contribution in [3.8, 4) is 5.75 Å². The summed E-state index contributed by atoms with van der Waals surface area (Å²) in [6.07, 6.45) is 1.62. The molecule has 92 valence electrons.